The smallest absolute Gasteiger partial charge is 0.343 e. The van der Waals surface area contributed by atoms with Crippen LogP contribution in [0, 0.1) is 0 Å². The normalized spacial score (nSPS) is 10.7. The second kappa shape index (κ2) is 14.0. The standard InChI is InChI=1S/C27H39N7O4/c1-10-18(5)29-25-19(26(36)38-17(3)4)16-28-27(32-25)31-21-14-20(30-24(35)11-2)22(15-23(21)37-9)34(8)13-12-33(6)7/h11,14-17H,2,5,10,12-13H2,1,3-4,6-9H3,(H,30,35)(H2,28,29,31,32). The maximum atomic E-state index is 12.6. The number of nitrogens with one attached hydrogen (secondary N) is 3. The van der Waals surface area contributed by atoms with E-state index >= 15 is 0 Å². The molecule has 0 aliphatic carbocycles. The van der Waals surface area contributed by atoms with Gasteiger partial charge in [-0.3, -0.25) is 4.79 Å². The number of benzene rings is 1. The van der Waals surface area contributed by atoms with Crippen LogP contribution in [0.15, 0.2) is 43.3 Å². The molecule has 3 N–H and O–H groups in total. The lowest BCUT2D eigenvalue weighted by Crippen LogP contribution is -2.29. The predicted molar refractivity (Wildman–Crippen MR) is 153 cm³/mol. The van der Waals surface area contributed by atoms with Crippen molar-refractivity contribution in [2.24, 2.45) is 0 Å². The number of likely N-dealkylation sites (N-methyl/N-ethyl adjacent to an activating group) is 2. The van der Waals surface area contributed by atoms with E-state index < -0.39 is 5.97 Å². The summed E-state index contributed by atoms with van der Waals surface area (Å²) >= 11 is 0. The van der Waals surface area contributed by atoms with Crippen molar-refractivity contribution in [3.8, 4) is 5.75 Å². The number of esters is 1. The molecule has 1 amide bonds. The topological polar surface area (TPSA) is 121 Å². The van der Waals surface area contributed by atoms with E-state index in [1.54, 1.807) is 27.0 Å². The van der Waals surface area contributed by atoms with Gasteiger partial charge in [-0.05, 0) is 46.5 Å². The van der Waals surface area contributed by atoms with Gasteiger partial charge in [0.05, 0.1) is 30.3 Å². The van der Waals surface area contributed by atoms with Crippen molar-refractivity contribution in [1.82, 2.24) is 14.9 Å². The molecule has 2 rings (SSSR count). The molecule has 0 saturated heterocycles. The van der Waals surface area contributed by atoms with Crippen LogP contribution in [-0.4, -0.2) is 74.2 Å². The molecule has 0 aliphatic heterocycles. The largest absolute Gasteiger partial charge is 0.494 e. The summed E-state index contributed by atoms with van der Waals surface area (Å²) in [5.41, 5.74) is 2.68. The molecule has 0 unspecified atom stereocenters. The maximum Gasteiger partial charge on any atom is 0.343 e. The number of amides is 1. The lowest BCUT2D eigenvalue weighted by molar-refractivity contribution is -0.111. The molecule has 1 aromatic heterocycles. The van der Waals surface area contributed by atoms with Crippen molar-refractivity contribution in [2.75, 3.05) is 62.2 Å². The Bertz CT molecular complexity index is 1160. The molecule has 2 aromatic rings. The second-order valence-corrected chi connectivity index (χ2v) is 9.10. The highest BCUT2D eigenvalue weighted by atomic mass is 16.5. The van der Waals surface area contributed by atoms with Gasteiger partial charge in [-0.25, -0.2) is 9.78 Å². The molecule has 1 aromatic carbocycles. The van der Waals surface area contributed by atoms with E-state index in [2.05, 4.69) is 44.0 Å². The Hall–Kier alpha value is -4.12. The van der Waals surface area contributed by atoms with Crippen LogP contribution in [-0.2, 0) is 9.53 Å². The van der Waals surface area contributed by atoms with Gasteiger partial charge in [-0.2, -0.15) is 4.98 Å². The number of allylic oxidation sites excluding steroid dienone is 1. The highest BCUT2D eigenvalue weighted by Gasteiger charge is 2.20. The van der Waals surface area contributed by atoms with Crippen molar-refractivity contribution in [1.29, 1.82) is 0 Å². The van der Waals surface area contributed by atoms with Gasteiger partial charge in [0.2, 0.25) is 11.9 Å². The van der Waals surface area contributed by atoms with E-state index in [1.165, 1.54) is 12.3 Å². The Balaban J connectivity index is 2.52. The van der Waals surface area contributed by atoms with Gasteiger partial charge >= 0.3 is 5.97 Å². The van der Waals surface area contributed by atoms with Gasteiger partial charge in [0.15, 0.2) is 0 Å². The first kappa shape index (κ1) is 30.1. The van der Waals surface area contributed by atoms with Crippen molar-refractivity contribution >= 4 is 40.7 Å². The molecule has 11 nitrogen and oxygen atoms in total. The zero-order chi connectivity index (χ0) is 28.4. The van der Waals surface area contributed by atoms with E-state index in [9.17, 15) is 9.59 Å². The molecule has 11 heteroatoms. The van der Waals surface area contributed by atoms with Gasteiger partial charge in [0.25, 0.3) is 0 Å². The molecule has 0 spiro atoms. The maximum absolute atomic E-state index is 12.6. The number of hydrogen-bond donors (Lipinski definition) is 3. The van der Waals surface area contributed by atoms with Gasteiger partial charge in [0.1, 0.15) is 17.1 Å². The molecule has 38 heavy (non-hydrogen) atoms. The molecule has 0 fully saturated rings. The summed E-state index contributed by atoms with van der Waals surface area (Å²) in [6.45, 7) is 14.5. The number of ether oxygens (including phenoxy) is 2. The van der Waals surface area contributed by atoms with Crippen LogP contribution >= 0.6 is 0 Å². The summed E-state index contributed by atoms with van der Waals surface area (Å²) in [5, 5.41) is 9.06. The number of carbonyl (C=O) groups is 2. The van der Waals surface area contributed by atoms with Crippen LogP contribution < -0.4 is 25.6 Å². The Morgan fingerprint density at radius 2 is 1.84 bits per heavy atom. The molecule has 0 aliphatic rings. The van der Waals surface area contributed by atoms with Crippen LogP contribution in [0.25, 0.3) is 0 Å². The number of rotatable bonds is 14. The van der Waals surface area contributed by atoms with E-state index in [1.807, 2.05) is 39.0 Å². The van der Waals surface area contributed by atoms with E-state index in [0.717, 1.165) is 12.2 Å². The lowest BCUT2D eigenvalue weighted by Gasteiger charge is -2.26. The SMILES string of the molecule is C=CC(=O)Nc1cc(Nc2ncc(C(=O)OC(C)C)c(NC(=C)CC)n2)c(OC)cc1N(C)CCN(C)C. The van der Waals surface area contributed by atoms with Crippen LogP contribution in [0.5, 0.6) is 5.75 Å². The monoisotopic (exact) mass is 525 g/mol. The number of anilines is 5. The summed E-state index contributed by atoms with van der Waals surface area (Å²) < 4.78 is 11.0. The average molecular weight is 526 g/mol. The third kappa shape index (κ3) is 8.48. The number of aromatic nitrogens is 2. The zero-order valence-electron chi connectivity index (χ0n) is 23.3. The third-order valence-corrected chi connectivity index (χ3v) is 5.37. The van der Waals surface area contributed by atoms with Gasteiger partial charge in [-0.1, -0.05) is 20.1 Å². The molecular formula is C27H39N7O4. The fourth-order valence-corrected chi connectivity index (χ4v) is 3.25. The van der Waals surface area contributed by atoms with Crippen molar-refractivity contribution in [3.05, 3.63) is 48.8 Å². The fourth-order valence-electron chi connectivity index (χ4n) is 3.25. The van der Waals surface area contributed by atoms with E-state index in [-0.39, 0.29) is 29.3 Å². The first-order chi connectivity index (χ1) is 18.0. The number of methoxy groups -OCH3 is 1. The van der Waals surface area contributed by atoms with Gasteiger partial charge < -0.3 is 35.2 Å². The highest BCUT2D eigenvalue weighted by molar-refractivity contribution is 6.02. The summed E-state index contributed by atoms with van der Waals surface area (Å²) in [7, 11) is 7.48. The van der Waals surface area contributed by atoms with E-state index in [0.29, 0.717) is 35.8 Å². The van der Waals surface area contributed by atoms with Crippen LogP contribution in [0.3, 0.4) is 0 Å². The molecule has 1 heterocycles. The van der Waals surface area contributed by atoms with Crippen molar-refractivity contribution in [3.63, 3.8) is 0 Å². The summed E-state index contributed by atoms with van der Waals surface area (Å²) in [6, 6.07) is 3.56. The molecular weight excluding hydrogens is 486 g/mol. The number of carbonyl (C=O) groups excluding carboxylic acids is 2. The van der Waals surface area contributed by atoms with E-state index in [4.69, 9.17) is 9.47 Å². The zero-order valence-corrected chi connectivity index (χ0v) is 23.3. The summed E-state index contributed by atoms with van der Waals surface area (Å²) in [6.07, 6.45) is 2.93. The number of nitrogens with zero attached hydrogens (tertiary/aromatic N) is 4. The fraction of sp³-hybridized carbons (Fsp3) is 0.407. The van der Waals surface area contributed by atoms with Crippen LogP contribution in [0.2, 0.25) is 0 Å². The first-order valence-corrected chi connectivity index (χ1v) is 12.3. The van der Waals surface area contributed by atoms with Crippen molar-refractivity contribution < 1.29 is 19.1 Å². The second-order valence-electron chi connectivity index (χ2n) is 9.10. The first-order valence-electron chi connectivity index (χ1n) is 12.3. The van der Waals surface area contributed by atoms with Gasteiger partial charge in [-0.15, -0.1) is 0 Å². The third-order valence-electron chi connectivity index (χ3n) is 5.37. The van der Waals surface area contributed by atoms with Crippen LogP contribution in [0.4, 0.5) is 28.8 Å². The average Bonchev–Trinajstić information content (AvgIpc) is 2.86. The minimum absolute atomic E-state index is 0.183. The van der Waals surface area contributed by atoms with Crippen LogP contribution in [0.1, 0.15) is 37.6 Å². The minimum atomic E-state index is -0.546. The highest BCUT2D eigenvalue weighted by Crippen LogP contribution is 2.38. The summed E-state index contributed by atoms with van der Waals surface area (Å²) in [4.78, 5) is 37.7. The molecule has 206 valence electrons. The predicted octanol–water partition coefficient (Wildman–Crippen LogP) is 4.25. The molecule has 0 atom stereocenters. The molecule has 0 saturated carbocycles. The molecule has 0 bridgehead atoms. The quantitative estimate of drug-likeness (QED) is 0.244. The Morgan fingerprint density at radius 1 is 1.13 bits per heavy atom. The molecule has 0 radical (unpaired) electrons. The minimum Gasteiger partial charge on any atom is -0.494 e. The number of hydrogen-bond acceptors (Lipinski definition) is 10. The lowest BCUT2D eigenvalue weighted by atomic mass is 10.2. The Morgan fingerprint density at radius 3 is 2.42 bits per heavy atom. The Labute approximate surface area is 224 Å². The Kier molecular flexibility index (Phi) is 11.1. The van der Waals surface area contributed by atoms with Gasteiger partial charge in [0, 0.05) is 38.1 Å². The summed E-state index contributed by atoms with van der Waals surface area (Å²) in [5.74, 6) is 0.0738. The van der Waals surface area contributed by atoms with Crippen molar-refractivity contribution in [2.45, 2.75) is 33.3 Å².